The largest absolute Gasteiger partial charge is 0.477 e. The topological polar surface area (TPSA) is 114 Å². The summed E-state index contributed by atoms with van der Waals surface area (Å²) in [6.07, 6.45) is 5.18. The van der Waals surface area contributed by atoms with E-state index < -0.39 is 0 Å². The van der Waals surface area contributed by atoms with Gasteiger partial charge in [-0.05, 0) is 19.3 Å². The Bertz CT molecular complexity index is 370. The quantitative estimate of drug-likeness (QED) is 0.205. The third-order valence-electron chi connectivity index (χ3n) is 2.10. The molecule has 1 rings (SSSR count). The lowest BCUT2D eigenvalue weighted by atomic mass is 10.2. The number of nitrogens with zero attached hydrogens (tertiary/aromatic N) is 3. The number of nitrogens with two attached hydrogens (primary N) is 1. The first-order valence-corrected chi connectivity index (χ1v) is 5.31. The lowest BCUT2D eigenvalue weighted by Gasteiger charge is -2.08. The van der Waals surface area contributed by atoms with Gasteiger partial charge < -0.3 is 20.8 Å². The van der Waals surface area contributed by atoms with Gasteiger partial charge in [0.05, 0.1) is 6.61 Å². The number of unbranched alkanes of at least 4 members (excludes halogenated alkanes) is 2. The molecule has 0 amide bonds. The van der Waals surface area contributed by atoms with Gasteiger partial charge in [0.1, 0.15) is 11.9 Å². The minimum Gasteiger partial charge on any atom is -0.477 e. The van der Waals surface area contributed by atoms with Gasteiger partial charge in [0, 0.05) is 12.8 Å². The number of aliphatic hydroxyl groups is 1. The normalized spacial score (nSPS) is 11.5. The number of hydrogen-bond acceptors (Lipinski definition) is 6. The maximum absolute atomic E-state index is 8.61. The first-order valence-electron chi connectivity index (χ1n) is 5.31. The molecule has 0 saturated carbocycles. The van der Waals surface area contributed by atoms with Gasteiger partial charge in [-0.2, -0.15) is 0 Å². The van der Waals surface area contributed by atoms with Crippen molar-refractivity contribution in [3.05, 3.63) is 18.1 Å². The first kappa shape index (κ1) is 13.2. The summed E-state index contributed by atoms with van der Waals surface area (Å²) in [5.74, 6) is 0.204. The molecule has 0 aliphatic heterocycles. The van der Waals surface area contributed by atoms with E-state index in [1.165, 1.54) is 12.5 Å². The molecule has 0 atom stereocenters. The van der Waals surface area contributed by atoms with Crippen LogP contribution in [-0.4, -0.2) is 39.3 Å². The van der Waals surface area contributed by atoms with Crippen LogP contribution in [0.3, 0.4) is 0 Å². The van der Waals surface area contributed by atoms with Crippen molar-refractivity contribution in [1.82, 2.24) is 9.97 Å². The molecular formula is C10H16N4O3. The number of aliphatic hydroxyl groups excluding tert-OH is 1. The zero-order chi connectivity index (χ0) is 12.5. The second-order valence-corrected chi connectivity index (χ2v) is 3.36. The molecule has 0 fully saturated rings. The number of hydrogen-bond donors (Lipinski definition) is 3. The average molecular weight is 240 g/mol. The minimum atomic E-state index is -0.0871. The summed E-state index contributed by atoms with van der Waals surface area (Å²) in [6.45, 7) is 0.644. The summed E-state index contributed by atoms with van der Waals surface area (Å²) >= 11 is 0. The molecule has 0 bridgehead atoms. The maximum atomic E-state index is 8.61. The van der Waals surface area contributed by atoms with E-state index in [9.17, 15) is 0 Å². The lowest BCUT2D eigenvalue weighted by Crippen LogP contribution is -2.16. The van der Waals surface area contributed by atoms with Crippen molar-refractivity contribution in [2.24, 2.45) is 10.9 Å². The molecule has 0 unspecified atom stereocenters. The second-order valence-electron chi connectivity index (χ2n) is 3.36. The van der Waals surface area contributed by atoms with Crippen LogP contribution in [0.1, 0.15) is 24.8 Å². The van der Waals surface area contributed by atoms with Gasteiger partial charge in [0.2, 0.25) is 5.88 Å². The zero-order valence-electron chi connectivity index (χ0n) is 9.41. The van der Waals surface area contributed by atoms with Gasteiger partial charge in [-0.3, -0.25) is 0 Å². The van der Waals surface area contributed by atoms with Gasteiger partial charge in [-0.15, -0.1) is 0 Å². The highest BCUT2D eigenvalue weighted by Crippen LogP contribution is 2.13. The molecule has 4 N–H and O–H groups in total. The SMILES string of the molecule is NC(=NO)c1cncnc1OCCCCCO. The summed E-state index contributed by atoms with van der Waals surface area (Å²) in [5.41, 5.74) is 5.81. The lowest BCUT2D eigenvalue weighted by molar-refractivity contribution is 0.262. The van der Waals surface area contributed by atoms with Gasteiger partial charge >= 0.3 is 0 Å². The van der Waals surface area contributed by atoms with Crippen LogP contribution in [0, 0.1) is 0 Å². The van der Waals surface area contributed by atoms with Crippen LogP contribution in [0.15, 0.2) is 17.7 Å². The van der Waals surface area contributed by atoms with Gasteiger partial charge in [-0.1, -0.05) is 5.16 Å². The minimum absolute atomic E-state index is 0.0871. The number of oxime groups is 1. The van der Waals surface area contributed by atoms with Crippen LogP contribution in [0.4, 0.5) is 0 Å². The highest BCUT2D eigenvalue weighted by atomic mass is 16.5. The van der Waals surface area contributed by atoms with Crippen molar-refractivity contribution in [2.45, 2.75) is 19.3 Å². The van der Waals surface area contributed by atoms with Crippen molar-refractivity contribution < 1.29 is 15.1 Å². The summed E-state index contributed by atoms with van der Waals surface area (Å²) in [7, 11) is 0. The van der Waals surface area contributed by atoms with Crippen molar-refractivity contribution >= 4 is 5.84 Å². The van der Waals surface area contributed by atoms with Crippen LogP contribution in [0.5, 0.6) is 5.88 Å². The van der Waals surface area contributed by atoms with E-state index >= 15 is 0 Å². The highest BCUT2D eigenvalue weighted by Gasteiger charge is 2.09. The number of amidine groups is 1. The molecule has 7 nitrogen and oxygen atoms in total. The molecule has 0 aliphatic rings. The molecule has 1 aromatic heterocycles. The zero-order valence-corrected chi connectivity index (χ0v) is 9.41. The molecule has 1 aromatic rings. The highest BCUT2D eigenvalue weighted by molar-refractivity contribution is 5.98. The monoisotopic (exact) mass is 240 g/mol. The van der Waals surface area contributed by atoms with E-state index in [0.29, 0.717) is 18.1 Å². The van der Waals surface area contributed by atoms with E-state index in [0.717, 1.165) is 19.3 Å². The molecular weight excluding hydrogens is 224 g/mol. The number of ether oxygens (including phenoxy) is 1. The molecule has 1 heterocycles. The third kappa shape index (κ3) is 4.23. The molecule has 7 heteroatoms. The van der Waals surface area contributed by atoms with Gasteiger partial charge in [-0.25, -0.2) is 9.97 Å². The van der Waals surface area contributed by atoms with Gasteiger partial charge in [0.25, 0.3) is 0 Å². The van der Waals surface area contributed by atoms with Gasteiger partial charge in [0.15, 0.2) is 5.84 Å². The van der Waals surface area contributed by atoms with E-state index in [2.05, 4.69) is 15.1 Å². The molecule has 0 radical (unpaired) electrons. The van der Waals surface area contributed by atoms with E-state index in [-0.39, 0.29) is 12.4 Å². The summed E-state index contributed by atoms with van der Waals surface area (Å²) < 4.78 is 5.40. The fourth-order valence-corrected chi connectivity index (χ4v) is 1.22. The Hall–Kier alpha value is -1.89. The number of rotatable bonds is 7. The second kappa shape index (κ2) is 7.39. The first-order chi connectivity index (χ1) is 8.29. The predicted octanol–water partition coefficient (Wildman–Crippen LogP) is 0.112. The van der Waals surface area contributed by atoms with Crippen LogP contribution in [0.2, 0.25) is 0 Å². The Kier molecular flexibility index (Phi) is 5.73. The predicted molar refractivity (Wildman–Crippen MR) is 61.0 cm³/mol. The van der Waals surface area contributed by atoms with Crippen LogP contribution >= 0.6 is 0 Å². The molecule has 0 saturated heterocycles. The Balaban J connectivity index is 2.53. The van der Waals surface area contributed by atoms with Crippen molar-refractivity contribution in [3.8, 4) is 5.88 Å². The van der Waals surface area contributed by atoms with Crippen molar-refractivity contribution in [1.29, 1.82) is 0 Å². The molecule has 17 heavy (non-hydrogen) atoms. The summed E-state index contributed by atoms with van der Waals surface area (Å²) in [4.78, 5) is 7.69. The third-order valence-corrected chi connectivity index (χ3v) is 2.10. The van der Waals surface area contributed by atoms with E-state index in [1.54, 1.807) is 0 Å². The fraction of sp³-hybridized carbons (Fsp3) is 0.500. The standard InChI is InChI=1S/C10H16N4O3/c11-9(14-16)8-6-12-7-13-10(8)17-5-3-1-2-4-15/h6-7,15-16H,1-5H2,(H2,11,14). The Morgan fingerprint density at radius 2 is 2.24 bits per heavy atom. The van der Waals surface area contributed by atoms with Crippen molar-refractivity contribution in [3.63, 3.8) is 0 Å². The van der Waals surface area contributed by atoms with E-state index in [4.69, 9.17) is 20.8 Å². The smallest absolute Gasteiger partial charge is 0.227 e. The Morgan fingerprint density at radius 3 is 2.94 bits per heavy atom. The van der Waals surface area contributed by atoms with Crippen LogP contribution in [-0.2, 0) is 0 Å². The van der Waals surface area contributed by atoms with Crippen LogP contribution < -0.4 is 10.5 Å². The average Bonchev–Trinajstić information content (AvgIpc) is 2.38. The fourth-order valence-electron chi connectivity index (χ4n) is 1.22. The summed E-state index contributed by atoms with van der Waals surface area (Å²) in [6, 6.07) is 0. The molecule has 94 valence electrons. The summed E-state index contributed by atoms with van der Waals surface area (Å²) in [5, 5.41) is 20.1. The molecule has 0 aliphatic carbocycles. The Morgan fingerprint density at radius 1 is 1.41 bits per heavy atom. The molecule has 0 aromatic carbocycles. The molecule has 0 spiro atoms. The Labute approximate surface area is 99.0 Å². The van der Waals surface area contributed by atoms with Crippen molar-refractivity contribution in [2.75, 3.05) is 13.2 Å². The van der Waals surface area contributed by atoms with E-state index in [1.807, 2.05) is 0 Å². The number of aromatic nitrogens is 2. The van der Waals surface area contributed by atoms with Crippen LogP contribution in [0.25, 0.3) is 0 Å². The maximum Gasteiger partial charge on any atom is 0.227 e.